The Morgan fingerprint density at radius 2 is 1.54 bits per heavy atom. The Balaban J connectivity index is 0.000000243. The van der Waals surface area contributed by atoms with E-state index in [-0.39, 0.29) is 0 Å². The van der Waals surface area contributed by atoms with E-state index in [2.05, 4.69) is 42.5 Å². The fraction of sp³-hybridized carbons (Fsp3) is 1.00. The molecule has 2 saturated heterocycles. The highest BCUT2D eigenvalue weighted by molar-refractivity contribution is 4.71. The summed E-state index contributed by atoms with van der Waals surface area (Å²) in [6.45, 7) is 17.1. The van der Waals surface area contributed by atoms with E-state index in [1.54, 1.807) is 7.11 Å². The minimum absolute atomic E-state index is 0.392. The van der Waals surface area contributed by atoms with Gasteiger partial charge in [0.05, 0.1) is 12.2 Å². The smallest absolute Gasteiger partial charge is 0.0603 e. The molecule has 2 aliphatic rings. The van der Waals surface area contributed by atoms with Crippen LogP contribution in [0.4, 0.5) is 0 Å². The van der Waals surface area contributed by atoms with Gasteiger partial charge in [-0.05, 0) is 46.7 Å². The largest absolute Gasteiger partial charge is 0.385 e. The summed E-state index contributed by atoms with van der Waals surface area (Å²) in [6, 6.07) is 0. The van der Waals surface area contributed by atoms with Gasteiger partial charge in [0.2, 0.25) is 0 Å². The monoisotopic (exact) mass is 343 g/mol. The second-order valence-corrected chi connectivity index (χ2v) is 7.31. The van der Waals surface area contributed by atoms with Crippen molar-refractivity contribution in [1.29, 1.82) is 0 Å². The quantitative estimate of drug-likeness (QED) is 0.661. The van der Waals surface area contributed by atoms with Crippen molar-refractivity contribution in [1.82, 2.24) is 14.7 Å². The number of hydrogen-bond acceptors (Lipinski definition) is 5. The van der Waals surface area contributed by atoms with Crippen molar-refractivity contribution >= 4 is 0 Å². The fourth-order valence-electron chi connectivity index (χ4n) is 3.27. The summed E-state index contributed by atoms with van der Waals surface area (Å²) in [5.41, 5.74) is 0. The normalized spacial score (nSPS) is 21.8. The summed E-state index contributed by atoms with van der Waals surface area (Å²) in [7, 11) is 3.95. The molecule has 2 aliphatic heterocycles. The molecule has 0 saturated carbocycles. The highest BCUT2D eigenvalue weighted by Gasteiger charge is 2.17. The van der Waals surface area contributed by atoms with Gasteiger partial charge in [-0.3, -0.25) is 0 Å². The van der Waals surface area contributed by atoms with E-state index in [1.807, 2.05) is 0 Å². The van der Waals surface area contributed by atoms with Crippen LogP contribution >= 0.6 is 0 Å². The molecule has 0 aromatic carbocycles. The van der Waals surface area contributed by atoms with Gasteiger partial charge in [0.15, 0.2) is 0 Å². The zero-order chi connectivity index (χ0) is 17.8. The Bertz CT molecular complexity index is 284. The highest BCUT2D eigenvalue weighted by Crippen LogP contribution is 2.13. The van der Waals surface area contributed by atoms with Gasteiger partial charge in [-0.25, -0.2) is 0 Å². The van der Waals surface area contributed by atoms with E-state index in [0.29, 0.717) is 12.2 Å². The zero-order valence-electron chi connectivity index (χ0n) is 16.8. The lowest BCUT2D eigenvalue weighted by molar-refractivity contribution is -0.0232. The Kier molecular flexibility index (Phi) is 11.9. The third-order valence-electron chi connectivity index (χ3n) is 4.87. The average molecular weight is 344 g/mol. The van der Waals surface area contributed by atoms with E-state index in [1.165, 1.54) is 71.6 Å². The lowest BCUT2D eigenvalue weighted by Crippen LogP contribution is -2.46. The predicted molar refractivity (Wildman–Crippen MR) is 102 cm³/mol. The number of nitrogens with zero attached hydrogens (tertiary/aromatic N) is 3. The van der Waals surface area contributed by atoms with Crippen molar-refractivity contribution < 1.29 is 9.47 Å². The summed E-state index contributed by atoms with van der Waals surface area (Å²) in [5, 5.41) is 0. The second-order valence-electron chi connectivity index (χ2n) is 7.31. The third kappa shape index (κ3) is 9.94. The summed E-state index contributed by atoms with van der Waals surface area (Å²) in [5.74, 6) is 0. The maximum Gasteiger partial charge on any atom is 0.0603 e. The van der Waals surface area contributed by atoms with Crippen molar-refractivity contribution in [2.24, 2.45) is 0 Å². The SMILES string of the molecule is CC(C)OC1CCN(C)CC1.CCN1CCN(CCCOC)CC1. The number of likely N-dealkylation sites (N-methyl/N-ethyl adjacent to an activating group) is 1. The zero-order valence-corrected chi connectivity index (χ0v) is 16.8. The Morgan fingerprint density at radius 1 is 0.958 bits per heavy atom. The van der Waals surface area contributed by atoms with Crippen LogP contribution in [0, 0.1) is 0 Å². The molecule has 5 nitrogen and oxygen atoms in total. The van der Waals surface area contributed by atoms with Gasteiger partial charge in [-0.2, -0.15) is 0 Å². The molecule has 0 atom stereocenters. The van der Waals surface area contributed by atoms with E-state index in [4.69, 9.17) is 9.47 Å². The van der Waals surface area contributed by atoms with Crippen LogP contribution in [-0.2, 0) is 9.47 Å². The number of rotatable bonds is 7. The first-order valence-electron chi connectivity index (χ1n) is 9.82. The van der Waals surface area contributed by atoms with Gasteiger partial charge in [0.25, 0.3) is 0 Å². The molecule has 0 bridgehead atoms. The molecule has 0 aromatic rings. The first kappa shape index (κ1) is 21.8. The van der Waals surface area contributed by atoms with Crippen LogP contribution in [0.3, 0.4) is 0 Å². The second kappa shape index (κ2) is 13.1. The number of methoxy groups -OCH3 is 1. The summed E-state index contributed by atoms with van der Waals surface area (Å²) in [6.07, 6.45) is 4.49. The Labute approximate surface area is 150 Å². The molecule has 2 heterocycles. The molecule has 0 N–H and O–H groups in total. The summed E-state index contributed by atoms with van der Waals surface area (Å²) >= 11 is 0. The number of hydrogen-bond donors (Lipinski definition) is 0. The maximum absolute atomic E-state index is 5.71. The Hall–Kier alpha value is -0.200. The molecular weight excluding hydrogens is 302 g/mol. The first-order valence-corrected chi connectivity index (χ1v) is 9.82. The van der Waals surface area contributed by atoms with Gasteiger partial charge in [-0.1, -0.05) is 6.92 Å². The molecule has 0 radical (unpaired) electrons. The average Bonchev–Trinajstić information content (AvgIpc) is 2.58. The van der Waals surface area contributed by atoms with Crippen LogP contribution in [0.5, 0.6) is 0 Å². The van der Waals surface area contributed by atoms with Gasteiger partial charge < -0.3 is 24.2 Å². The van der Waals surface area contributed by atoms with Crippen LogP contribution in [-0.4, -0.2) is 100 Å². The van der Waals surface area contributed by atoms with Crippen LogP contribution in [0.2, 0.25) is 0 Å². The molecular formula is C19H41N3O2. The number of ether oxygens (including phenoxy) is 2. The minimum atomic E-state index is 0.392. The molecule has 0 aliphatic carbocycles. The molecule has 0 unspecified atom stereocenters. The fourth-order valence-corrected chi connectivity index (χ4v) is 3.27. The lowest BCUT2D eigenvalue weighted by Gasteiger charge is -2.33. The molecule has 0 aromatic heterocycles. The van der Waals surface area contributed by atoms with E-state index >= 15 is 0 Å². The van der Waals surface area contributed by atoms with Crippen molar-refractivity contribution in [2.45, 2.75) is 52.2 Å². The van der Waals surface area contributed by atoms with Gasteiger partial charge in [-0.15, -0.1) is 0 Å². The standard InChI is InChI=1S/C10H22N2O.C9H19NO/c1-3-11-6-8-12(9-7-11)5-4-10-13-2;1-8(2)11-9-4-6-10(3)7-5-9/h3-10H2,1-2H3;8-9H,4-7H2,1-3H3. The maximum atomic E-state index is 5.71. The van der Waals surface area contributed by atoms with Gasteiger partial charge in [0, 0.05) is 59.5 Å². The number of piperazine rings is 1. The van der Waals surface area contributed by atoms with Crippen molar-refractivity contribution in [3.05, 3.63) is 0 Å². The minimum Gasteiger partial charge on any atom is -0.385 e. The number of piperidine rings is 1. The molecule has 0 spiro atoms. The first-order chi connectivity index (χ1) is 11.5. The van der Waals surface area contributed by atoms with E-state index in [0.717, 1.165) is 6.61 Å². The molecule has 5 heteroatoms. The van der Waals surface area contributed by atoms with E-state index in [9.17, 15) is 0 Å². The molecule has 0 amide bonds. The molecule has 24 heavy (non-hydrogen) atoms. The van der Waals surface area contributed by atoms with Crippen LogP contribution < -0.4 is 0 Å². The predicted octanol–water partition coefficient (Wildman–Crippen LogP) is 2.17. The third-order valence-corrected chi connectivity index (χ3v) is 4.87. The van der Waals surface area contributed by atoms with Crippen LogP contribution in [0.25, 0.3) is 0 Å². The lowest BCUT2D eigenvalue weighted by atomic mass is 10.1. The van der Waals surface area contributed by atoms with Crippen LogP contribution in [0.1, 0.15) is 40.0 Å². The summed E-state index contributed by atoms with van der Waals surface area (Å²) in [4.78, 5) is 7.40. The number of likely N-dealkylation sites (tertiary alicyclic amines) is 1. The van der Waals surface area contributed by atoms with Crippen molar-refractivity contribution in [2.75, 3.05) is 73.1 Å². The van der Waals surface area contributed by atoms with Crippen LogP contribution in [0.15, 0.2) is 0 Å². The van der Waals surface area contributed by atoms with Crippen molar-refractivity contribution in [3.63, 3.8) is 0 Å². The molecule has 2 fully saturated rings. The topological polar surface area (TPSA) is 28.2 Å². The summed E-state index contributed by atoms with van der Waals surface area (Å²) < 4.78 is 10.8. The molecule has 2 rings (SSSR count). The molecule has 144 valence electrons. The van der Waals surface area contributed by atoms with Gasteiger partial charge >= 0.3 is 0 Å². The highest BCUT2D eigenvalue weighted by atomic mass is 16.5. The van der Waals surface area contributed by atoms with Crippen molar-refractivity contribution in [3.8, 4) is 0 Å². The van der Waals surface area contributed by atoms with E-state index < -0.39 is 0 Å². The Morgan fingerprint density at radius 3 is 2.04 bits per heavy atom. The van der Waals surface area contributed by atoms with Gasteiger partial charge in [0.1, 0.15) is 0 Å².